The van der Waals surface area contributed by atoms with Crippen LogP contribution in [0.4, 0.5) is 0 Å². The van der Waals surface area contributed by atoms with E-state index in [-0.39, 0.29) is 5.92 Å². The lowest BCUT2D eigenvalue weighted by Gasteiger charge is -2.06. The van der Waals surface area contributed by atoms with Gasteiger partial charge in [-0.05, 0) is 25.8 Å². The van der Waals surface area contributed by atoms with Crippen LogP contribution in [0.2, 0.25) is 0 Å². The molecule has 0 saturated heterocycles. The second-order valence-electron chi connectivity index (χ2n) is 3.32. The van der Waals surface area contributed by atoms with Gasteiger partial charge >= 0.3 is 0 Å². The van der Waals surface area contributed by atoms with E-state index in [9.17, 15) is 4.79 Å². The molecule has 0 aliphatic heterocycles. The van der Waals surface area contributed by atoms with Crippen LogP contribution in [0, 0.1) is 11.3 Å². The molecule has 0 unspecified atom stereocenters. The maximum Gasteiger partial charge on any atom is 0.151 e. The Morgan fingerprint density at radius 1 is 1.38 bits per heavy atom. The minimum absolute atomic E-state index is 0.0982. The van der Waals surface area contributed by atoms with E-state index in [1.807, 2.05) is 33.8 Å². The molecule has 2 nitrogen and oxygen atoms in total. The fourth-order valence-corrected chi connectivity index (χ4v) is 0.837. The number of hydrogen-bond donors (Lipinski definition) is 1. The highest BCUT2D eigenvalue weighted by molar-refractivity contribution is 6.14. The molecule has 0 saturated carbocycles. The van der Waals surface area contributed by atoms with Gasteiger partial charge in [-0.25, -0.2) is 0 Å². The van der Waals surface area contributed by atoms with E-state index in [0.29, 0.717) is 11.3 Å². The van der Waals surface area contributed by atoms with Crippen LogP contribution in [0.25, 0.3) is 0 Å². The van der Waals surface area contributed by atoms with E-state index in [4.69, 9.17) is 5.41 Å². The van der Waals surface area contributed by atoms with Crippen molar-refractivity contribution in [3.05, 3.63) is 23.3 Å². The van der Waals surface area contributed by atoms with Crippen LogP contribution in [0.15, 0.2) is 23.3 Å². The van der Waals surface area contributed by atoms with Crippen molar-refractivity contribution in [2.24, 2.45) is 5.92 Å². The summed E-state index contributed by atoms with van der Waals surface area (Å²) in [5.74, 6) is 0.0982. The molecule has 0 radical (unpaired) electrons. The Morgan fingerprint density at radius 2 is 1.92 bits per heavy atom. The summed E-state index contributed by atoms with van der Waals surface area (Å²) in [5, 5.41) is 7.64. The largest absolute Gasteiger partial charge is 0.304 e. The van der Waals surface area contributed by atoms with Gasteiger partial charge in [0.15, 0.2) is 6.29 Å². The summed E-state index contributed by atoms with van der Waals surface area (Å²) in [4.78, 5) is 10.7. The van der Waals surface area contributed by atoms with Crippen LogP contribution in [0.5, 0.6) is 0 Å². The van der Waals surface area contributed by atoms with Gasteiger partial charge in [0.1, 0.15) is 0 Å². The van der Waals surface area contributed by atoms with Crippen LogP contribution < -0.4 is 0 Å². The van der Waals surface area contributed by atoms with Gasteiger partial charge in [0, 0.05) is 11.3 Å². The molecular weight excluding hydrogens is 162 g/mol. The smallest absolute Gasteiger partial charge is 0.151 e. The third-order valence-electron chi connectivity index (χ3n) is 1.85. The number of carbonyl (C=O) groups is 1. The average molecular weight is 179 g/mol. The first-order valence-electron chi connectivity index (χ1n) is 4.41. The SMILES string of the molecule is C/C=C(C)\C=C(\C=O)C(=N)C(C)C. The van der Waals surface area contributed by atoms with Crippen molar-refractivity contribution in [2.45, 2.75) is 27.7 Å². The molecule has 0 aromatic heterocycles. The Bertz CT molecular complexity index is 259. The summed E-state index contributed by atoms with van der Waals surface area (Å²) in [5.41, 5.74) is 1.88. The molecule has 0 fully saturated rings. The van der Waals surface area contributed by atoms with Gasteiger partial charge in [-0.1, -0.05) is 25.5 Å². The zero-order chi connectivity index (χ0) is 10.4. The van der Waals surface area contributed by atoms with E-state index in [1.54, 1.807) is 6.08 Å². The van der Waals surface area contributed by atoms with Crippen molar-refractivity contribution in [1.29, 1.82) is 5.41 Å². The summed E-state index contributed by atoms with van der Waals surface area (Å²) >= 11 is 0. The molecule has 0 rings (SSSR count). The monoisotopic (exact) mass is 179 g/mol. The van der Waals surface area contributed by atoms with Crippen molar-refractivity contribution in [3.63, 3.8) is 0 Å². The van der Waals surface area contributed by atoms with Crippen LogP contribution in [-0.4, -0.2) is 12.0 Å². The van der Waals surface area contributed by atoms with Crippen LogP contribution >= 0.6 is 0 Å². The van der Waals surface area contributed by atoms with E-state index in [0.717, 1.165) is 11.9 Å². The van der Waals surface area contributed by atoms with Gasteiger partial charge in [-0.15, -0.1) is 0 Å². The third-order valence-corrected chi connectivity index (χ3v) is 1.85. The summed E-state index contributed by atoms with van der Waals surface area (Å²) in [6, 6.07) is 0. The van der Waals surface area contributed by atoms with E-state index in [1.165, 1.54) is 0 Å². The summed E-state index contributed by atoms with van der Waals surface area (Å²) in [6.07, 6.45) is 4.40. The van der Waals surface area contributed by atoms with Gasteiger partial charge in [-0.2, -0.15) is 0 Å². The number of nitrogens with one attached hydrogen (secondary N) is 1. The fraction of sp³-hybridized carbons (Fsp3) is 0.455. The third kappa shape index (κ3) is 3.83. The second-order valence-corrected chi connectivity index (χ2v) is 3.32. The first kappa shape index (κ1) is 11.8. The lowest BCUT2D eigenvalue weighted by atomic mass is 9.99. The number of allylic oxidation sites excluding steroid dienone is 4. The van der Waals surface area contributed by atoms with Crippen molar-refractivity contribution in [1.82, 2.24) is 0 Å². The standard InChI is InChI=1S/C11H17NO/c1-5-9(4)6-10(7-13)11(12)8(2)3/h5-8,12H,1-4H3/b9-5-,10-6-,12-11?. The molecule has 0 amide bonds. The molecule has 0 bridgehead atoms. The van der Waals surface area contributed by atoms with E-state index < -0.39 is 0 Å². The molecule has 0 aliphatic rings. The Kier molecular flexibility index (Phi) is 4.97. The molecular formula is C11H17NO. The number of hydrogen-bond acceptors (Lipinski definition) is 2. The summed E-state index contributed by atoms with van der Waals surface area (Å²) in [6.45, 7) is 7.64. The Morgan fingerprint density at radius 3 is 2.23 bits per heavy atom. The van der Waals surface area contributed by atoms with Crippen LogP contribution in [-0.2, 0) is 4.79 Å². The summed E-state index contributed by atoms with van der Waals surface area (Å²) < 4.78 is 0. The Balaban J connectivity index is 4.80. The molecule has 0 aromatic rings. The topological polar surface area (TPSA) is 40.9 Å². The lowest BCUT2D eigenvalue weighted by Crippen LogP contribution is -2.10. The summed E-state index contributed by atoms with van der Waals surface area (Å²) in [7, 11) is 0. The molecule has 0 aliphatic carbocycles. The predicted octanol–water partition coefficient (Wildman–Crippen LogP) is 2.75. The molecule has 1 N–H and O–H groups in total. The zero-order valence-electron chi connectivity index (χ0n) is 8.72. The molecule has 0 aromatic carbocycles. The molecule has 13 heavy (non-hydrogen) atoms. The van der Waals surface area contributed by atoms with Gasteiger partial charge < -0.3 is 5.41 Å². The van der Waals surface area contributed by atoms with Gasteiger partial charge in [0.2, 0.25) is 0 Å². The maximum absolute atomic E-state index is 10.7. The lowest BCUT2D eigenvalue weighted by molar-refractivity contribution is -0.104. The Hall–Kier alpha value is -1.18. The minimum Gasteiger partial charge on any atom is -0.304 e. The normalized spacial score (nSPS) is 13.3. The van der Waals surface area contributed by atoms with Crippen molar-refractivity contribution >= 4 is 12.0 Å². The second kappa shape index (κ2) is 5.46. The van der Waals surface area contributed by atoms with Gasteiger partial charge in [-0.3, -0.25) is 4.79 Å². The predicted molar refractivity (Wildman–Crippen MR) is 56.1 cm³/mol. The van der Waals surface area contributed by atoms with Gasteiger partial charge in [0.05, 0.1) is 0 Å². The molecule has 0 spiro atoms. The molecule has 0 heterocycles. The highest BCUT2D eigenvalue weighted by Gasteiger charge is 2.07. The maximum atomic E-state index is 10.7. The van der Waals surface area contributed by atoms with Crippen LogP contribution in [0.3, 0.4) is 0 Å². The van der Waals surface area contributed by atoms with E-state index in [2.05, 4.69) is 0 Å². The highest BCUT2D eigenvalue weighted by atomic mass is 16.1. The molecule has 0 atom stereocenters. The highest BCUT2D eigenvalue weighted by Crippen LogP contribution is 2.07. The number of carbonyl (C=O) groups excluding carboxylic acids is 1. The van der Waals surface area contributed by atoms with E-state index >= 15 is 0 Å². The first-order valence-corrected chi connectivity index (χ1v) is 4.41. The van der Waals surface area contributed by atoms with Gasteiger partial charge in [0.25, 0.3) is 0 Å². The molecule has 2 heteroatoms. The fourth-order valence-electron chi connectivity index (χ4n) is 0.837. The number of aldehydes is 1. The van der Waals surface area contributed by atoms with Crippen molar-refractivity contribution in [3.8, 4) is 0 Å². The van der Waals surface area contributed by atoms with Crippen LogP contribution in [0.1, 0.15) is 27.7 Å². The minimum atomic E-state index is 0.0982. The number of rotatable bonds is 4. The van der Waals surface area contributed by atoms with Crippen molar-refractivity contribution in [2.75, 3.05) is 0 Å². The quantitative estimate of drug-likeness (QED) is 0.306. The van der Waals surface area contributed by atoms with Crippen molar-refractivity contribution < 1.29 is 4.79 Å². The molecule has 72 valence electrons. The average Bonchev–Trinajstić information content (AvgIpc) is 2.12. The first-order chi connectivity index (χ1) is 6.02. The zero-order valence-corrected chi connectivity index (χ0v) is 8.72. The Labute approximate surface area is 79.9 Å².